The van der Waals surface area contributed by atoms with Crippen LogP contribution in [0.5, 0.6) is 5.75 Å². The van der Waals surface area contributed by atoms with Gasteiger partial charge in [-0.1, -0.05) is 23.7 Å². The van der Waals surface area contributed by atoms with Crippen molar-refractivity contribution in [1.82, 2.24) is 10.3 Å². The SMILES string of the molecule is COc1ccc2[nH]c3c(c2c1)CCN[C@H]3c1ccc(Cl)cc1. The Hall–Kier alpha value is -1.97. The summed E-state index contributed by atoms with van der Waals surface area (Å²) in [6.07, 6.45) is 1.02. The van der Waals surface area contributed by atoms with Crippen LogP contribution in [0.3, 0.4) is 0 Å². The normalized spacial score (nSPS) is 17.5. The van der Waals surface area contributed by atoms with Gasteiger partial charge < -0.3 is 15.0 Å². The first-order valence-corrected chi connectivity index (χ1v) is 7.81. The fourth-order valence-electron chi connectivity index (χ4n) is 3.27. The monoisotopic (exact) mass is 312 g/mol. The van der Waals surface area contributed by atoms with Crippen LogP contribution in [0.1, 0.15) is 22.9 Å². The molecule has 0 spiro atoms. The molecule has 2 aromatic carbocycles. The number of aromatic amines is 1. The molecular weight excluding hydrogens is 296 g/mol. The van der Waals surface area contributed by atoms with Crippen LogP contribution in [0.4, 0.5) is 0 Å². The first kappa shape index (κ1) is 13.7. The number of rotatable bonds is 2. The lowest BCUT2D eigenvalue weighted by molar-refractivity contribution is 0.415. The molecule has 22 heavy (non-hydrogen) atoms. The molecule has 0 saturated heterocycles. The molecular formula is C18H17ClN2O. The molecule has 3 nitrogen and oxygen atoms in total. The zero-order chi connectivity index (χ0) is 15.1. The third-order valence-electron chi connectivity index (χ3n) is 4.36. The van der Waals surface area contributed by atoms with Crippen molar-refractivity contribution in [2.75, 3.05) is 13.7 Å². The van der Waals surface area contributed by atoms with Crippen molar-refractivity contribution in [2.24, 2.45) is 0 Å². The maximum Gasteiger partial charge on any atom is 0.119 e. The van der Waals surface area contributed by atoms with E-state index in [1.165, 1.54) is 22.2 Å². The fraction of sp³-hybridized carbons (Fsp3) is 0.222. The van der Waals surface area contributed by atoms with Gasteiger partial charge in [0.2, 0.25) is 0 Å². The second-order valence-electron chi connectivity index (χ2n) is 5.62. The Kier molecular flexibility index (Phi) is 3.32. The van der Waals surface area contributed by atoms with E-state index in [2.05, 4.69) is 34.6 Å². The first-order valence-electron chi connectivity index (χ1n) is 7.43. The number of benzene rings is 2. The summed E-state index contributed by atoms with van der Waals surface area (Å²) >= 11 is 6.01. The minimum absolute atomic E-state index is 0.180. The van der Waals surface area contributed by atoms with Gasteiger partial charge in [0.05, 0.1) is 13.2 Å². The highest BCUT2D eigenvalue weighted by atomic mass is 35.5. The predicted octanol–water partition coefficient (Wildman–Crippen LogP) is 4.07. The molecule has 2 N–H and O–H groups in total. The molecule has 0 amide bonds. The van der Waals surface area contributed by atoms with Crippen molar-refractivity contribution in [3.63, 3.8) is 0 Å². The molecule has 0 saturated carbocycles. The average molecular weight is 313 g/mol. The van der Waals surface area contributed by atoms with Gasteiger partial charge in [0.1, 0.15) is 5.75 Å². The van der Waals surface area contributed by atoms with Crippen LogP contribution in [0, 0.1) is 0 Å². The van der Waals surface area contributed by atoms with E-state index >= 15 is 0 Å². The maximum absolute atomic E-state index is 6.01. The molecule has 2 heterocycles. The number of H-pyrrole nitrogens is 1. The van der Waals surface area contributed by atoms with Gasteiger partial charge in [-0.25, -0.2) is 0 Å². The topological polar surface area (TPSA) is 37.0 Å². The molecule has 1 aliphatic heterocycles. The van der Waals surface area contributed by atoms with Gasteiger partial charge in [-0.3, -0.25) is 0 Å². The summed E-state index contributed by atoms with van der Waals surface area (Å²) in [6, 6.07) is 14.4. The van der Waals surface area contributed by atoms with E-state index in [1.54, 1.807) is 7.11 Å². The number of methoxy groups -OCH3 is 1. The largest absolute Gasteiger partial charge is 0.497 e. The van der Waals surface area contributed by atoms with Crippen LogP contribution in [0.15, 0.2) is 42.5 Å². The Morgan fingerprint density at radius 1 is 1.14 bits per heavy atom. The lowest BCUT2D eigenvalue weighted by Gasteiger charge is -2.24. The summed E-state index contributed by atoms with van der Waals surface area (Å²) in [5, 5.41) is 5.62. The van der Waals surface area contributed by atoms with Crippen molar-refractivity contribution >= 4 is 22.5 Å². The Balaban J connectivity index is 1.85. The molecule has 0 radical (unpaired) electrons. The van der Waals surface area contributed by atoms with Crippen LogP contribution in [-0.2, 0) is 6.42 Å². The van der Waals surface area contributed by atoms with E-state index in [4.69, 9.17) is 16.3 Å². The van der Waals surface area contributed by atoms with Crippen molar-refractivity contribution in [3.05, 3.63) is 64.3 Å². The highest BCUT2D eigenvalue weighted by Crippen LogP contribution is 2.35. The van der Waals surface area contributed by atoms with Crippen LogP contribution >= 0.6 is 11.6 Å². The summed E-state index contributed by atoms with van der Waals surface area (Å²) in [5.74, 6) is 0.899. The molecule has 0 fully saturated rings. The Bertz CT molecular complexity index is 823. The zero-order valence-electron chi connectivity index (χ0n) is 12.3. The first-order chi connectivity index (χ1) is 10.8. The zero-order valence-corrected chi connectivity index (χ0v) is 13.1. The van der Waals surface area contributed by atoms with Gasteiger partial charge in [0, 0.05) is 28.2 Å². The maximum atomic E-state index is 6.01. The van der Waals surface area contributed by atoms with E-state index in [-0.39, 0.29) is 6.04 Å². The second kappa shape index (κ2) is 5.34. The minimum atomic E-state index is 0.180. The highest BCUT2D eigenvalue weighted by molar-refractivity contribution is 6.30. The van der Waals surface area contributed by atoms with Crippen LogP contribution in [-0.4, -0.2) is 18.6 Å². The van der Waals surface area contributed by atoms with E-state index in [9.17, 15) is 0 Å². The molecule has 1 atom stereocenters. The lowest BCUT2D eigenvalue weighted by Crippen LogP contribution is -2.30. The van der Waals surface area contributed by atoms with Crippen molar-refractivity contribution in [3.8, 4) is 5.75 Å². The second-order valence-corrected chi connectivity index (χ2v) is 6.05. The van der Waals surface area contributed by atoms with Gasteiger partial charge in [0.25, 0.3) is 0 Å². The van der Waals surface area contributed by atoms with Crippen LogP contribution in [0.25, 0.3) is 10.9 Å². The van der Waals surface area contributed by atoms with Gasteiger partial charge in [0.15, 0.2) is 0 Å². The number of aromatic nitrogens is 1. The van der Waals surface area contributed by atoms with E-state index < -0.39 is 0 Å². The van der Waals surface area contributed by atoms with Crippen LogP contribution in [0.2, 0.25) is 5.02 Å². The standard InChI is InChI=1S/C18H17ClN2O/c1-22-13-6-7-16-15(10-13)14-8-9-20-17(18(14)21-16)11-2-4-12(19)5-3-11/h2-7,10,17,20-21H,8-9H2,1H3/t17-/m0/s1. The Morgan fingerprint density at radius 3 is 2.73 bits per heavy atom. The molecule has 0 aliphatic carbocycles. The lowest BCUT2D eigenvalue weighted by atomic mass is 9.94. The molecule has 3 aromatic rings. The molecule has 1 aliphatic rings. The molecule has 4 rings (SSSR count). The number of hydrogen-bond donors (Lipinski definition) is 2. The number of halogens is 1. The van der Waals surface area contributed by atoms with Crippen molar-refractivity contribution in [2.45, 2.75) is 12.5 Å². The van der Waals surface area contributed by atoms with Crippen LogP contribution < -0.4 is 10.1 Å². The third-order valence-corrected chi connectivity index (χ3v) is 4.61. The predicted molar refractivity (Wildman–Crippen MR) is 89.9 cm³/mol. The van der Waals surface area contributed by atoms with Gasteiger partial charge >= 0.3 is 0 Å². The molecule has 1 aromatic heterocycles. The third kappa shape index (κ3) is 2.18. The highest BCUT2D eigenvalue weighted by Gasteiger charge is 2.25. The van der Waals surface area contributed by atoms with Crippen molar-refractivity contribution in [1.29, 1.82) is 0 Å². The quantitative estimate of drug-likeness (QED) is 0.748. The van der Waals surface area contributed by atoms with Gasteiger partial charge in [-0.15, -0.1) is 0 Å². The Morgan fingerprint density at radius 2 is 1.95 bits per heavy atom. The number of nitrogens with one attached hydrogen (secondary N) is 2. The summed E-state index contributed by atoms with van der Waals surface area (Å²) < 4.78 is 5.36. The summed E-state index contributed by atoms with van der Waals surface area (Å²) in [6.45, 7) is 0.963. The van der Waals surface area contributed by atoms with E-state index in [0.717, 1.165) is 29.3 Å². The Labute approximate surface area is 134 Å². The van der Waals surface area contributed by atoms with Gasteiger partial charge in [-0.05, 0) is 47.9 Å². The van der Waals surface area contributed by atoms with E-state index in [1.807, 2.05) is 18.2 Å². The molecule has 112 valence electrons. The van der Waals surface area contributed by atoms with Gasteiger partial charge in [-0.2, -0.15) is 0 Å². The summed E-state index contributed by atoms with van der Waals surface area (Å²) in [7, 11) is 1.71. The number of fused-ring (bicyclic) bond motifs is 3. The smallest absolute Gasteiger partial charge is 0.119 e. The number of ether oxygens (including phenoxy) is 1. The summed E-state index contributed by atoms with van der Waals surface area (Å²) in [4.78, 5) is 3.58. The van der Waals surface area contributed by atoms with E-state index in [0.29, 0.717) is 0 Å². The molecule has 4 heteroatoms. The van der Waals surface area contributed by atoms with Crippen molar-refractivity contribution < 1.29 is 4.74 Å². The molecule has 0 unspecified atom stereocenters. The summed E-state index contributed by atoms with van der Waals surface area (Å²) in [5.41, 5.74) is 5.02. The average Bonchev–Trinajstić information content (AvgIpc) is 2.93. The fourth-order valence-corrected chi connectivity index (χ4v) is 3.40. The minimum Gasteiger partial charge on any atom is -0.497 e. The number of hydrogen-bond acceptors (Lipinski definition) is 2. The molecule has 0 bridgehead atoms.